The van der Waals surface area contributed by atoms with E-state index in [2.05, 4.69) is 9.71 Å². The maximum atomic E-state index is 11.8. The summed E-state index contributed by atoms with van der Waals surface area (Å²) in [7, 11) is -4.56. The number of hydrogen-bond acceptors (Lipinski definition) is 5. The van der Waals surface area contributed by atoms with Gasteiger partial charge in [-0.1, -0.05) is 11.3 Å². The predicted octanol–water partition coefficient (Wildman–Crippen LogP) is -0.208. The van der Waals surface area contributed by atoms with Crippen molar-refractivity contribution in [3.63, 3.8) is 0 Å². The second kappa shape index (κ2) is 5.89. The first kappa shape index (κ1) is 14.6. The Kier molecular flexibility index (Phi) is 5.04. The van der Waals surface area contributed by atoms with Crippen molar-refractivity contribution in [2.75, 3.05) is 18.6 Å². The first-order valence-corrected chi connectivity index (χ1v) is 8.85. The van der Waals surface area contributed by atoms with Gasteiger partial charge in [0.15, 0.2) is 4.21 Å². The van der Waals surface area contributed by atoms with Crippen molar-refractivity contribution in [1.82, 2.24) is 9.71 Å². The minimum absolute atomic E-state index is 0.0140. The standard InChI is InChI=1S/C8H14N2O4S3/c1-6-7(15-8(11)10-6)17(13,14)9-4-3-5-16(2)12/h9H,3-5H2,1-2H3,(H,10,11). The van der Waals surface area contributed by atoms with Gasteiger partial charge in [-0.2, -0.15) is 0 Å². The van der Waals surface area contributed by atoms with E-state index in [1.54, 1.807) is 6.26 Å². The summed E-state index contributed by atoms with van der Waals surface area (Å²) in [6, 6.07) is 0. The van der Waals surface area contributed by atoms with Crippen molar-refractivity contribution in [1.29, 1.82) is 0 Å². The molecule has 2 N–H and O–H groups in total. The molecule has 0 spiro atoms. The molecule has 6 nitrogen and oxygen atoms in total. The van der Waals surface area contributed by atoms with Crippen molar-refractivity contribution >= 4 is 32.2 Å². The van der Waals surface area contributed by atoms with Gasteiger partial charge in [-0.15, -0.1) is 0 Å². The first-order valence-electron chi connectivity index (χ1n) is 4.82. The molecule has 1 rings (SSSR count). The van der Waals surface area contributed by atoms with Crippen LogP contribution in [-0.4, -0.2) is 36.2 Å². The van der Waals surface area contributed by atoms with Crippen molar-refractivity contribution < 1.29 is 12.6 Å². The molecule has 0 fully saturated rings. The summed E-state index contributed by atoms with van der Waals surface area (Å²) in [5.41, 5.74) is 0.339. The third kappa shape index (κ3) is 4.34. The van der Waals surface area contributed by atoms with Crippen LogP contribution in [0.3, 0.4) is 0 Å². The summed E-state index contributed by atoms with van der Waals surface area (Å²) in [6.07, 6.45) is 2.07. The molecule has 17 heavy (non-hydrogen) atoms. The average molecular weight is 298 g/mol. The Bertz CT molecular complexity index is 558. The smallest absolute Gasteiger partial charge is 0.305 e. The van der Waals surface area contributed by atoms with Crippen LogP contribution >= 0.6 is 11.3 Å². The van der Waals surface area contributed by atoms with E-state index in [0.29, 0.717) is 29.2 Å². The van der Waals surface area contributed by atoms with Gasteiger partial charge in [-0.25, -0.2) is 13.1 Å². The van der Waals surface area contributed by atoms with E-state index in [4.69, 9.17) is 0 Å². The maximum absolute atomic E-state index is 11.8. The predicted molar refractivity (Wildman–Crippen MR) is 68.4 cm³/mol. The molecule has 0 aromatic carbocycles. The van der Waals surface area contributed by atoms with Gasteiger partial charge >= 0.3 is 4.87 Å². The molecule has 0 saturated carbocycles. The number of aromatic nitrogens is 1. The molecule has 9 heteroatoms. The molecule has 1 aromatic rings. The Balaban J connectivity index is 2.67. The lowest BCUT2D eigenvalue weighted by Gasteiger charge is -2.04. The number of sulfonamides is 1. The van der Waals surface area contributed by atoms with Gasteiger partial charge in [-0.05, 0) is 13.3 Å². The quantitative estimate of drug-likeness (QED) is 0.710. The Morgan fingerprint density at radius 3 is 2.59 bits per heavy atom. The molecule has 1 atom stereocenters. The van der Waals surface area contributed by atoms with Crippen molar-refractivity contribution in [3.8, 4) is 0 Å². The van der Waals surface area contributed by atoms with Gasteiger partial charge in [0, 0.05) is 35.0 Å². The average Bonchev–Trinajstić information content (AvgIpc) is 2.53. The zero-order chi connectivity index (χ0) is 13.1. The van der Waals surface area contributed by atoms with Crippen LogP contribution in [0.5, 0.6) is 0 Å². The fraction of sp³-hybridized carbons (Fsp3) is 0.625. The summed E-state index contributed by atoms with van der Waals surface area (Å²) < 4.78 is 36.7. The SMILES string of the molecule is Cc1[nH]c(=O)sc1S(=O)(=O)NCCCS(C)=O. The third-order valence-corrected chi connectivity index (χ3v) is 5.86. The fourth-order valence-electron chi connectivity index (χ4n) is 1.19. The number of thiazole rings is 1. The highest BCUT2D eigenvalue weighted by atomic mass is 32.2. The molecular weight excluding hydrogens is 284 g/mol. The molecule has 1 unspecified atom stereocenters. The molecule has 1 aromatic heterocycles. The monoisotopic (exact) mass is 298 g/mol. The lowest BCUT2D eigenvalue weighted by molar-refractivity contribution is 0.582. The van der Waals surface area contributed by atoms with E-state index in [1.165, 1.54) is 6.92 Å². The molecular formula is C8H14N2O4S3. The fourth-order valence-corrected chi connectivity index (χ4v) is 4.16. The summed E-state index contributed by atoms with van der Waals surface area (Å²) in [5.74, 6) is 0.449. The largest absolute Gasteiger partial charge is 0.315 e. The van der Waals surface area contributed by atoms with Gasteiger partial charge in [0.05, 0.1) is 0 Å². The number of hydrogen-bond donors (Lipinski definition) is 2. The van der Waals surface area contributed by atoms with Crippen LogP contribution in [0.15, 0.2) is 9.00 Å². The van der Waals surface area contributed by atoms with Gasteiger partial charge < -0.3 is 4.98 Å². The molecule has 1 heterocycles. The van der Waals surface area contributed by atoms with Crippen LogP contribution in [-0.2, 0) is 20.8 Å². The van der Waals surface area contributed by atoms with Gasteiger partial charge in [0.2, 0.25) is 0 Å². The van der Waals surface area contributed by atoms with Crippen LogP contribution in [0, 0.1) is 6.92 Å². The molecule has 0 aliphatic carbocycles. The second-order valence-electron chi connectivity index (χ2n) is 3.46. The highest BCUT2D eigenvalue weighted by molar-refractivity contribution is 7.91. The van der Waals surface area contributed by atoms with Crippen LogP contribution < -0.4 is 9.60 Å². The number of rotatable bonds is 6. The zero-order valence-corrected chi connectivity index (χ0v) is 11.9. The molecule has 0 aliphatic heterocycles. The summed E-state index contributed by atoms with van der Waals surface area (Å²) in [4.78, 5) is 13.0. The Morgan fingerprint density at radius 1 is 1.47 bits per heavy atom. The Morgan fingerprint density at radius 2 is 2.12 bits per heavy atom. The van der Waals surface area contributed by atoms with Gasteiger partial charge in [0.1, 0.15) is 0 Å². The zero-order valence-electron chi connectivity index (χ0n) is 9.48. The van der Waals surface area contributed by atoms with Crippen molar-refractivity contribution in [3.05, 3.63) is 15.4 Å². The van der Waals surface area contributed by atoms with Gasteiger partial charge in [0.25, 0.3) is 10.0 Å². The number of nitrogens with one attached hydrogen (secondary N) is 2. The third-order valence-electron chi connectivity index (χ3n) is 1.93. The number of aryl methyl sites for hydroxylation is 1. The molecule has 98 valence electrons. The van der Waals surface area contributed by atoms with Gasteiger partial charge in [-0.3, -0.25) is 9.00 Å². The minimum atomic E-state index is -3.63. The van der Waals surface area contributed by atoms with E-state index in [1.807, 2.05) is 0 Å². The van der Waals surface area contributed by atoms with E-state index >= 15 is 0 Å². The molecule has 0 bridgehead atoms. The summed E-state index contributed by atoms with van der Waals surface area (Å²) in [5, 5.41) is 0. The van der Waals surface area contributed by atoms with Crippen LogP contribution in [0.2, 0.25) is 0 Å². The Hall–Kier alpha value is -0.510. The van der Waals surface area contributed by atoms with Crippen LogP contribution in [0.1, 0.15) is 12.1 Å². The molecule has 0 radical (unpaired) electrons. The number of H-pyrrole nitrogens is 1. The normalized spacial score (nSPS) is 13.8. The van der Waals surface area contributed by atoms with Crippen molar-refractivity contribution in [2.24, 2.45) is 0 Å². The summed E-state index contributed by atoms with van der Waals surface area (Å²) in [6.45, 7) is 1.75. The van der Waals surface area contributed by atoms with E-state index in [0.717, 1.165) is 0 Å². The lowest BCUT2D eigenvalue weighted by Crippen LogP contribution is -2.25. The molecule has 0 aliphatic rings. The summed E-state index contributed by atoms with van der Waals surface area (Å²) >= 11 is 0.664. The molecule has 0 saturated heterocycles. The van der Waals surface area contributed by atoms with Crippen molar-refractivity contribution in [2.45, 2.75) is 17.6 Å². The van der Waals surface area contributed by atoms with Crippen LogP contribution in [0.25, 0.3) is 0 Å². The van der Waals surface area contributed by atoms with E-state index in [-0.39, 0.29) is 10.8 Å². The minimum Gasteiger partial charge on any atom is -0.315 e. The van der Waals surface area contributed by atoms with Crippen LogP contribution in [0.4, 0.5) is 0 Å². The topological polar surface area (TPSA) is 96.1 Å². The van der Waals surface area contributed by atoms with E-state index < -0.39 is 25.7 Å². The highest BCUT2D eigenvalue weighted by Gasteiger charge is 2.19. The number of aromatic amines is 1. The first-order chi connectivity index (χ1) is 7.83. The second-order valence-corrected chi connectivity index (χ2v) is 7.96. The highest BCUT2D eigenvalue weighted by Crippen LogP contribution is 2.15. The lowest BCUT2D eigenvalue weighted by atomic mass is 10.5. The maximum Gasteiger partial charge on any atom is 0.305 e. The molecule has 0 amide bonds. The Labute approximate surface area is 106 Å². The van der Waals surface area contributed by atoms with E-state index in [9.17, 15) is 17.4 Å².